The molecule has 0 aliphatic carbocycles. The molecule has 2 unspecified atom stereocenters. The highest BCUT2D eigenvalue weighted by molar-refractivity contribution is 6.90. The Morgan fingerprint density at radius 3 is 1.87 bits per heavy atom. The zero-order chi connectivity index (χ0) is 18.0. The number of hydrogen-bond acceptors (Lipinski definition) is 1. The molecule has 0 aliphatic heterocycles. The number of unbranched alkanes of at least 4 members (excludes halogenated alkanes) is 3. The molecule has 0 fully saturated rings. The first kappa shape index (κ1) is 22.2. The van der Waals surface area contributed by atoms with E-state index in [-0.39, 0.29) is 0 Å². The van der Waals surface area contributed by atoms with Crippen LogP contribution in [0.2, 0.25) is 16.6 Å². The average Bonchev–Trinajstić information content (AvgIpc) is 2.46. The monoisotopic (exact) mass is 338 g/mol. The van der Waals surface area contributed by atoms with Gasteiger partial charge >= 0.3 is 0 Å². The van der Waals surface area contributed by atoms with E-state index >= 15 is 0 Å². The van der Waals surface area contributed by atoms with Crippen molar-refractivity contribution < 1.29 is 9.50 Å². The van der Waals surface area contributed by atoms with E-state index in [2.05, 4.69) is 71.8 Å². The minimum atomic E-state index is -1.95. The van der Waals surface area contributed by atoms with Gasteiger partial charge in [0.25, 0.3) is 0 Å². The highest BCUT2D eigenvalue weighted by atomic mass is 28.3. The first-order chi connectivity index (χ1) is 10.7. The Kier molecular flexibility index (Phi) is 10.5. The molecule has 132 valence electrons. The van der Waals surface area contributed by atoms with Crippen molar-refractivity contribution >= 4 is 8.07 Å². The molecule has 0 aliphatic rings. The Morgan fingerprint density at radius 2 is 1.43 bits per heavy atom. The number of halogens is 1. The molecule has 0 heterocycles. The Hall–Kier alpha value is -0.773. The van der Waals surface area contributed by atoms with Crippen LogP contribution in [0, 0.1) is 23.3 Å². The normalized spacial score (nSPS) is 14.3. The van der Waals surface area contributed by atoms with Crippen LogP contribution in [0.3, 0.4) is 0 Å². The zero-order valence-electron chi connectivity index (χ0n) is 16.0. The average molecular weight is 339 g/mol. The summed E-state index contributed by atoms with van der Waals surface area (Å²) in [6.07, 6.45) is 1.11. The van der Waals surface area contributed by atoms with Gasteiger partial charge in [0.1, 0.15) is 8.07 Å². The van der Waals surface area contributed by atoms with Crippen LogP contribution in [0.15, 0.2) is 0 Å². The molecule has 0 spiro atoms. The standard InChI is InChI=1S/C20H35FOSi/c1-8-9-10-11-12-13-20(22)19(21)14-15-23(16(2)3,17(4)5)18(6)7/h16-20,22H,8-11H2,1-7H3. The minimum absolute atomic E-state index is 0.458. The first-order valence-electron chi connectivity index (χ1n) is 9.03. The summed E-state index contributed by atoms with van der Waals surface area (Å²) in [5.74, 6) is 8.19. The third-order valence-electron chi connectivity index (χ3n) is 4.73. The second-order valence-corrected chi connectivity index (χ2v) is 12.9. The van der Waals surface area contributed by atoms with Crippen molar-refractivity contribution in [2.45, 2.75) is 103 Å². The number of rotatable bonds is 7. The van der Waals surface area contributed by atoms with E-state index in [0.717, 1.165) is 19.3 Å². The van der Waals surface area contributed by atoms with Crippen molar-refractivity contribution in [1.29, 1.82) is 0 Å². The summed E-state index contributed by atoms with van der Waals surface area (Å²) in [4.78, 5) is 0. The van der Waals surface area contributed by atoms with Gasteiger partial charge in [-0.25, -0.2) is 4.39 Å². The summed E-state index contributed by atoms with van der Waals surface area (Å²) in [5.41, 5.74) is 4.68. The molecule has 0 rings (SSSR count). The van der Waals surface area contributed by atoms with Crippen LogP contribution in [-0.2, 0) is 0 Å². The molecule has 0 bridgehead atoms. The summed E-state index contributed by atoms with van der Waals surface area (Å²) in [6.45, 7) is 15.3. The first-order valence-corrected chi connectivity index (χ1v) is 11.3. The molecule has 1 nitrogen and oxygen atoms in total. The molecule has 3 heteroatoms. The van der Waals surface area contributed by atoms with Gasteiger partial charge in [-0.15, -0.1) is 11.5 Å². The quantitative estimate of drug-likeness (QED) is 0.370. The predicted molar refractivity (Wildman–Crippen MR) is 102 cm³/mol. The van der Waals surface area contributed by atoms with Gasteiger partial charge in [-0.2, -0.15) is 0 Å². The molecule has 0 amide bonds. The Labute approximate surface area is 144 Å². The molecule has 0 aromatic carbocycles. The fourth-order valence-corrected chi connectivity index (χ4v) is 8.67. The van der Waals surface area contributed by atoms with Crippen LogP contribution >= 0.6 is 0 Å². The zero-order valence-corrected chi connectivity index (χ0v) is 17.0. The van der Waals surface area contributed by atoms with E-state index < -0.39 is 20.3 Å². The van der Waals surface area contributed by atoms with Gasteiger partial charge in [0.05, 0.1) is 0 Å². The molecule has 1 N–H and O–H groups in total. The minimum Gasteiger partial charge on any atom is -0.376 e. The van der Waals surface area contributed by atoms with Gasteiger partial charge in [-0.3, -0.25) is 0 Å². The lowest BCUT2D eigenvalue weighted by molar-refractivity contribution is 0.157. The van der Waals surface area contributed by atoms with Crippen molar-refractivity contribution in [3.8, 4) is 23.3 Å². The van der Waals surface area contributed by atoms with Gasteiger partial charge in [0, 0.05) is 6.42 Å². The van der Waals surface area contributed by atoms with E-state index in [1.807, 2.05) is 0 Å². The Morgan fingerprint density at radius 1 is 0.913 bits per heavy atom. The lowest BCUT2D eigenvalue weighted by Gasteiger charge is -2.38. The summed E-state index contributed by atoms with van der Waals surface area (Å²) >= 11 is 0. The van der Waals surface area contributed by atoms with E-state index in [1.165, 1.54) is 0 Å². The molecular weight excluding hydrogens is 303 g/mol. The van der Waals surface area contributed by atoms with Crippen molar-refractivity contribution in [2.24, 2.45) is 0 Å². The topological polar surface area (TPSA) is 20.2 Å². The number of aliphatic hydroxyl groups excluding tert-OH is 1. The van der Waals surface area contributed by atoms with Crippen LogP contribution in [0.25, 0.3) is 0 Å². The van der Waals surface area contributed by atoms with Gasteiger partial charge < -0.3 is 5.11 Å². The van der Waals surface area contributed by atoms with Gasteiger partial charge in [-0.1, -0.05) is 73.1 Å². The van der Waals surface area contributed by atoms with Crippen molar-refractivity contribution in [3.05, 3.63) is 0 Å². The van der Waals surface area contributed by atoms with Gasteiger partial charge in [0.15, 0.2) is 12.3 Å². The Bertz CT molecular complexity index is 426. The molecule has 23 heavy (non-hydrogen) atoms. The fraction of sp³-hybridized carbons (Fsp3) is 0.800. The van der Waals surface area contributed by atoms with Crippen molar-refractivity contribution in [3.63, 3.8) is 0 Å². The van der Waals surface area contributed by atoms with Crippen molar-refractivity contribution in [1.82, 2.24) is 0 Å². The second-order valence-electron chi connectivity index (χ2n) is 7.29. The van der Waals surface area contributed by atoms with E-state index in [9.17, 15) is 9.50 Å². The maximum atomic E-state index is 14.2. The number of hydrogen-bond donors (Lipinski definition) is 1. The van der Waals surface area contributed by atoms with Crippen LogP contribution in [-0.4, -0.2) is 25.5 Å². The number of alkyl halides is 1. The van der Waals surface area contributed by atoms with Crippen LogP contribution in [0.4, 0.5) is 4.39 Å². The van der Waals surface area contributed by atoms with Crippen LogP contribution in [0.5, 0.6) is 0 Å². The lowest BCUT2D eigenvalue weighted by atomic mass is 10.2. The third-order valence-corrected chi connectivity index (χ3v) is 11.0. The maximum Gasteiger partial charge on any atom is 0.196 e. The maximum absolute atomic E-state index is 14.2. The highest BCUT2D eigenvalue weighted by Gasteiger charge is 2.41. The molecule has 0 aromatic rings. The lowest BCUT2D eigenvalue weighted by Crippen LogP contribution is -2.43. The number of aliphatic hydroxyl groups is 1. The van der Waals surface area contributed by atoms with Crippen LogP contribution in [0.1, 0.15) is 74.1 Å². The largest absolute Gasteiger partial charge is 0.376 e. The van der Waals surface area contributed by atoms with Crippen LogP contribution < -0.4 is 0 Å². The molecule has 2 atom stereocenters. The molecule has 0 saturated heterocycles. The third kappa shape index (κ3) is 6.70. The SMILES string of the molecule is CCCCCC#CC(O)C(F)C#C[Si](C(C)C)(C(C)C)C(C)C. The van der Waals surface area contributed by atoms with E-state index in [1.54, 1.807) is 0 Å². The molecule has 0 saturated carbocycles. The van der Waals surface area contributed by atoms with E-state index in [4.69, 9.17) is 0 Å². The fourth-order valence-electron chi connectivity index (χ4n) is 3.42. The molecular formula is C20H35FOSi. The highest BCUT2D eigenvalue weighted by Crippen LogP contribution is 2.40. The van der Waals surface area contributed by atoms with E-state index in [0.29, 0.717) is 23.0 Å². The summed E-state index contributed by atoms with van der Waals surface area (Å²) < 4.78 is 14.2. The second kappa shape index (κ2) is 10.9. The Balaban J connectivity index is 5.04. The predicted octanol–water partition coefficient (Wildman–Crippen LogP) is 5.49. The molecule has 0 aromatic heterocycles. The van der Waals surface area contributed by atoms with Crippen molar-refractivity contribution in [2.75, 3.05) is 0 Å². The van der Waals surface area contributed by atoms with Gasteiger partial charge in [0.2, 0.25) is 0 Å². The van der Waals surface area contributed by atoms with Gasteiger partial charge in [-0.05, 0) is 23.0 Å². The molecule has 0 radical (unpaired) electrons. The summed E-state index contributed by atoms with van der Waals surface area (Å²) in [5, 5.41) is 9.85. The summed E-state index contributed by atoms with van der Waals surface area (Å²) in [6, 6.07) is 0. The summed E-state index contributed by atoms with van der Waals surface area (Å²) in [7, 11) is -1.95. The smallest absolute Gasteiger partial charge is 0.196 e.